The molecule has 3 aromatic carbocycles. The maximum absolute atomic E-state index is 13.6. The molecular weight excluding hydrogens is 467 g/mol. The number of benzene rings is 3. The lowest BCUT2D eigenvalue weighted by Gasteiger charge is -2.16. The number of ether oxygens (including phenoxy) is 1. The van der Waals surface area contributed by atoms with E-state index >= 15 is 0 Å². The molecule has 0 saturated heterocycles. The van der Waals surface area contributed by atoms with Gasteiger partial charge < -0.3 is 14.4 Å². The zero-order chi connectivity index (χ0) is 25.2. The first kappa shape index (κ1) is 22.7. The highest BCUT2D eigenvalue weighted by Gasteiger charge is 2.59. The molecule has 0 amide bonds. The van der Waals surface area contributed by atoms with Gasteiger partial charge in [0.2, 0.25) is 0 Å². The van der Waals surface area contributed by atoms with Crippen molar-refractivity contribution in [2.75, 3.05) is 0 Å². The fourth-order valence-corrected chi connectivity index (χ4v) is 5.78. The molecule has 2 aliphatic rings. The van der Waals surface area contributed by atoms with E-state index in [0.717, 1.165) is 52.3 Å². The van der Waals surface area contributed by atoms with Crippen molar-refractivity contribution in [2.45, 2.75) is 38.5 Å². The maximum atomic E-state index is 13.6. The van der Waals surface area contributed by atoms with Crippen molar-refractivity contribution in [3.05, 3.63) is 94.7 Å². The summed E-state index contributed by atoms with van der Waals surface area (Å²) in [7, 11) is 0. The predicted molar refractivity (Wildman–Crippen MR) is 129 cm³/mol. The van der Waals surface area contributed by atoms with Crippen LogP contribution in [-0.2, 0) is 30.4 Å². The monoisotopic (exact) mass is 491 g/mol. The van der Waals surface area contributed by atoms with Crippen LogP contribution < -0.4 is 4.74 Å². The molecule has 36 heavy (non-hydrogen) atoms. The molecule has 0 bridgehead atoms. The highest BCUT2D eigenvalue weighted by Crippen LogP contribution is 2.62. The summed E-state index contributed by atoms with van der Waals surface area (Å²) in [6, 6.07) is 17.2. The second-order valence-corrected chi connectivity index (χ2v) is 9.65. The van der Waals surface area contributed by atoms with Gasteiger partial charge in [-0.1, -0.05) is 37.3 Å². The van der Waals surface area contributed by atoms with Gasteiger partial charge in [-0.2, -0.15) is 13.2 Å². The molecule has 184 valence electrons. The highest BCUT2D eigenvalue weighted by atomic mass is 19.4. The Labute approximate surface area is 205 Å². The molecule has 1 fully saturated rings. The Morgan fingerprint density at radius 1 is 1.11 bits per heavy atom. The normalized spacial score (nSPS) is 20.3. The topological polar surface area (TPSA) is 51.5 Å². The number of nitrogens with zero attached hydrogens (tertiary/aromatic N) is 1. The lowest BCUT2D eigenvalue weighted by atomic mass is 9.98. The number of para-hydroxylation sites is 1. The van der Waals surface area contributed by atoms with Crippen molar-refractivity contribution in [1.29, 1.82) is 0 Å². The fraction of sp³-hybridized carbons (Fsp3) is 0.276. The fourth-order valence-electron chi connectivity index (χ4n) is 5.78. The Morgan fingerprint density at radius 3 is 2.67 bits per heavy atom. The zero-order valence-corrected chi connectivity index (χ0v) is 19.5. The third-order valence-corrected chi connectivity index (χ3v) is 7.59. The summed E-state index contributed by atoms with van der Waals surface area (Å²) < 4.78 is 48.6. The second-order valence-electron chi connectivity index (χ2n) is 9.65. The number of halogens is 3. The number of aryl methyl sites for hydroxylation is 1. The van der Waals surface area contributed by atoms with Gasteiger partial charge in [0.15, 0.2) is 0 Å². The number of carboxylic acids is 1. The number of hydrogen-bond acceptors (Lipinski definition) is 2. The third-order valence-electron chi connectivity index (χ3n) is 7.59. The molecule has 3 atom stereocenters. The average Bonchev–Trinajstić information content (AvgIpc) is 3.23. The molecule has 1 aromatic heterocycles. The second kappa shape index (κ2) is 8.15. The van der Waals surface area contributed by atoms with Crippen molar-refractivity contribution in [3.63, 3.8) is 0 Å². The highest BCUT2D eigenvalue weighted by molar-refractivity contribution is 5.83. The number of rotatable bonds is 6. The third kappa shape index (κ3) is 3.65. The number of fused-ring (bicyclic) bond motifs is 4. The Hall–Kier alpha value is -3.74. The van der Waals surface area contributed by atoms with E-state index in [1.165, 1.54) is 12.1 Å². The van der Waals surface area contributed by atoms with Gasteiger partial charge in [-0.25, -0.2) is 0 Å². The standard InChI is InChI=1S/C29H24F3NO3/c1-2-17-12-20-19(13-21-26(20)27(21)28(34)35)14-25(17)36-15-16-7-8-18-9-10-33(24(18)11-16)23-6-4-3-5-22(23)29(30,31)32/h3-12,14,21,26-27H,2,13,15H2,1H3,(H,34,35). The summed E-state index contributed by atoms with van der Waals surface area (Å²) in [6.07, 6.45) is -1.28. The number of aliphatic carboxylic acids is 1. The number of hydrogen-bond donors (Lipinski definition) is 1. The minimum atomic E-state index is -4.46. The van der Waals surface area contributed by atoms with Crippen molar-refractivity contribution in [2.24, 2.45) is 11.8 Å². The van der Waals surface area contributed by atoms with Crippen molar-refractivity contribution < 1.29 is 27.8 Å². The Morgan fingerprint density at radius 2 is 1.92 bits per heavy atom. The van der Waals surface area contributed by atoms with Gasteiger partial charge in [0.25, 0.3) is 0 Å². The van der Waals surface area contributed by atoms with Gasteiger partial charge in [0.1, 0.15) is 12.4 Å². The summed E-state index contributed by atoms with van der Waals surface area (Å²) in [6.45, 7) is 2.32. The first-order valence-electron chi connectivity index (χ1n) is 12.0. The molecule has 2 aliphatic carbocycles. The molecule has 6 rings (SSSR count). The number of carboxylic acid groups (broad SMARTS) is 1. The SMILES string of the molecule is CCc1cc2c(cc1OCc1ccc3ccn(-c4ccccc4C(F)(F)F)c3c1)CC1C(C(=O)O)C21. The van der Waals surface area contributed by atoms with Gasteiger partial charge in [-0.3, -0.25) is 4.79 Å². The minimum absolute atomic E-state index is 0.0863. The molecule has 1 N–H and O–H groups in total. The van der Waals surface area contributed by atoms with Crippen LogP contribution in [0.15, 0.2) is 66.9 Å². The van der Waals surface area contributed by atoms with Gasteiger partial charge in [-0.15, -0.1) is 0 Å². The van der Waals surface area contributed by atoms with Crippen LogP contribution in [0.1, 0.15) is 40.7 Å². The zero-order valence-electron chi connectivity index (χ0n) is 19.5. The van der Waals surface area contributed by atoms with E-state index < -0.39 is 17.7 Å². The summed E-state index contributed by atoms with van der Waals surface area (Å²) in [5, 5.41) is 10.2. The van der Waals surface area contributed by atoms with E-state index in [0.29, 0.717) is 5.52 Å². The van der Waals surface area contributed by atoms with E-state index in [1.807, 2.05) is 31.2 Å². The maximum Gasteiger partial charge on any atom is 0.418 e. The van der Waals surface area contributed by atoms with Crippen LogP contribution in [0.25, 0.3) is 16.6 Å². The van der Waals surface area contributed by atoms with E-state index in [-0.39, 0.29) is 30.0 Å². The van der Waals surface area contributed by atoms with E-state index in [9.17, 15) is 23.1 Å². The van der Waals surface area contributed by atoms with Crippen LogP contribution in [0.3, 0.4) is 0 Å². The first-order chi connectivity index (χ1) is 17.3. The lowest BCUT2D eigenvalue weighted by molar-refractivity contribution is -0.139. The van der Waals surface area contributed by atoms with Crippen molar-refractivity contribution >= 4 is 16.9 Å². The van der Waals surface area contributed by atoms with Crippen molar-refractivity contribution in [3.8, 4) is 11.4 Å². The molecule has 4 aromatic rings. The predicted octanol–water partition coefficient (Wildman–Crippen LogP) is 6.76. The number of carbonyl (C=O) groups is 1. The molecular formula is C29H24F3NO3. The van der Waals surface area contributed by atoms with Crippen LogP contribution in [0.4, 0.5) is 13.2 Å². The van der Waals surface area contributed by atoms with Crippen LogP contribution in [0.2, 0.25) is 0 Å². The van der Waals surface area contributed by atoms with Crippen molar-refractivity contribution in [1.82, 2.24) is 4.57 Å². The van der Waals surface area contributed by atoms with Gasteiger partial charge in [0.05, 0.1) is 22.7 Å². The quantitative estimate of drug-likeness (QED) is 0.324. The number of alkyl halides is 3. The largest absolute Gasteiger partial charge is 0.489 e. The van der Waals surface area contributed by atoms with Gasteiger partial charge in [0, 0.05) is 12.1 Å². The molecule has 1 heterocycles. The Bertz CT molecular complexity index is 1500. The first-order valence-corrected chi connectivity index (χ1v) is 12.0. The molecule has 0 radical (unpaired) electrons. The minimum Gasteiger partial charge on any atom is -0.489 e. The molecule has 3 unspecified atom stereocenters. The smallest absolute Gasteiger partial charge is 0.418 e. The molecule has 7 heteroatoms. The molecule has 4 nitrogen and oxygen atoms in total. The van der Waals surface area contributed by atoms with Crippen LogP contribution in [-0.4, -0.2) is 15.6 Å². The number of aromatic nitrogens is 1. The van der Waals surface area contributed by atoms with E-state index in [2.05, 4.69) is 6.07 Å². The van der Waals surface area contributed by atoms with E-state index in [4.69, 9.17) is 4.74 Å². The van der Waals surface area contributed by atoms with E-state index in [1.54, 1.807) is 22.9 Å². The molecule has 0 spiro atoms. The van der Waals surface area contributed by atoms with Crippen LogP contribution in [0, 0.1) is 11.8 Å². The lowest BCUT2D eigenvalue weighted by Crippen LogP contribution is -2.10. The van der Waals surface area contributed by atoms with Gasteiger partial charge >= 0.3 is 12.1 Å². The molecule has 1 saturated carbocycles. The van der Waals surface area contributed by atoms with Gasteiger partial charge in [-0.05, 0) is 76.7 Å². The molecule has 0 aliphatic heterocycles. The summed E-state index contributed by atoms with van der Waals surface area (Å²) in [4.78, 5) is 11.4. The Balaban J connectivity index is 1.28. The summed E-state index contributed by atoms with van der Waals surface area (Å²) in [5.41, 5.74) is 4.26. The Kier molecular flexibility index (Phi) is 5.14. The van der Waals surface area contributed by atoms with Crippen LogP contribution >= 0.6 is 0 Å². The average molecular weight is 492 g/mol. The summed E-state index contributed by atoms with van der Waals surface area (Å²) >= 11 is 0. The summed E-state index contributed by atoms with van der Waals surface area (Å²) in [5.74, 6) is 0.104. The van der Waals surface area contributed by atoms with Crippen LogP contribution in [0.5, 0.6) is 5.75 Å².